The van der Waals surface area contributed by atoms with Crippen LogP contribution in [0.25, 0.3) is 0 Å². The number of carbonyl (C=O) groups excluding carboxylic acids is 2. The third kappa shape index (κ3) is 2.72. The van der Waals surface area contributed by atoms with Gasteiger partial charge in [0.1, 0.15) is 5.60 Å². The highest BCUT2D eigenvalue weighted by Crippen LogP contribution is 2.67. The minimum absolute atomic E-state index is 0.145. The van der Waals surface area contributed by atoms with Crippen molar-refractivity contribution in [3.05, 3.63) is 11.6 Å². The van der Waals surface area contributed by atoms with E-state index < -0.39 is 17.0 Å². The summed E-state index contributed by atoms with van der Waals surface area (Å²) in [5, 5.41) is 21.6. The molecule has 0 radical (unpaired) electrons. The van der Waals surface area contributed by atoms with E-state index >= 15 is 0 Å². The number of aliphatic hydroxyl groups is 2. The van der Waals surface area contributed by atoms with Gasteiger partial charge < -0.3 is 14.9 Å². The molecule has 0 spiro atoms. The highest BCUT2D eigenvalue weighted by Gasteiger charge is 2.66. The molecule has 0 aliphatic heterocycles. The Balaban J connectivity index is 1.60. The fourth-order valence-electron chi connectivity index (χ4n) is 7.40. The van der Waals surface area contributed by atoms with Crippen LogP contribution >= 0.6 is 0 Å². The normalized spacial score (nSPS) is 47.4. The van der Waals surface area contributed by atoms with Crippen LogP contribution in [-0.4, -0.2) is 40.3 Å². The highest BCUT2D eigenvalue weighted by atomic mass is 16.5. The lowest BCUT2D eigenvalue weighted by molar-refractivity contribution is -0.168. The van der Waals surface area contributed by atoms with E-state index in [0.717, 1.165) is 44.9 Å². The van der Waals surface area contributed by atoms with Crippen LogP contribution in [0.3, 0.4) is 0 Å². The molecule has 4 rings (SSSR count). The molecule has 0 heterocycles. The lowest BCUT2D eigenvalue weighted by Gasteiger charge is -2.58. The lowest BCUT2D eigenvalue weighted by Crippen LogP contribution is -2.58. The molecule has 5 nitrogen and oxygen atoms in total. The summed E-state index contributed by atoms with van der Waals surface area (Å²) in [5.74, 6) is 0.504. The molecule has 28 heavy (non-hydrogen) atoms. The Morgan fingerprint density at radius 1 is 1.14 bits per heavy atom. The molecule has 0 aromatic carbocycles. The van der Waals surface area contributed by atoms with Crippen molar-refractivity contribution < 1.29 is 24.5 Å². The van der Waals surface area contributed by atoms with Crippen LogP contribution in [0.4, 0.5) is 0 Å². The first kappa shape index (κ1) is 20.1. The molecular formula is C23H34O5. The first-order valence-corrected chi connectivity index (χ1v) is 10.9. The van der Waals surface area contributed by atoms with E-state index in [2.05, 4.69) is 19.9 Å². The fraction of sp³-hybridized carbons (Fsp3) is 0.826. The number of carbonyl (C=O) groups is 2. The van der Waals surface area contributed by atoms with E-state index in [1.807, 2.05) is 0 Å². The molecule has 0 amide bonds. The molecule has 0 aromatic rings. The maximum Gasteiger partial charge on any atom is 0.303 e. The van der Waals surface area contributed by atoms with Crippen molar-refractivity contribution in [1.29, 1.82) is 0 Å². The molecule has 3 fully saturated rings. The van der Waals surface area contributed by atoms with Crippen molar-refractivity contribution in [3.63, 3.8) is 0 Å². The fourth-order valence-corrected chi connectivity index (χ4v) is 7.40. The zero-order chi connectivity index (χ0) is 20.3. The topological polar surface area (TPSA) is 83.8 Å². The maximum absolute atomic E-state index is 12.9. The Morgan fingerprint density at radius 2 is 1.86 bits per heavy atom. The zero-order valence-electron chi connectivity index (χ0n) is 17.4. The predicted molar refractivity (Wildman–Crippen MR) is 104 cm³/mol. The molecule has 0 saturated heterocycles. The van der Waals surface area contributed by atoms with Crippen molar-refractivity contribution in [3.8, 4) is 0 Å². The summed E-state index contributed by atoms with van der Waals surface area (Å²) < 4.78 is 4.93. The first-order valence-electron chi connectivity index (χ1n) is 10.9. The number of esters is 1. The third-order valence-corrected chi connectivity index (χ3v) is 9.10. The Labute approximate surface area is 167 Å². The number of hydrogen-bond donors (Lipinski definition) is 2. The Bertz CT molecular complexity index is 714. The minimum Gasteiger partial charge on any atom is -0.458 e. The molecule has 4 aliphatic carbocycles. The monoisotopic (exact) mass is 390 g/mol. The van der Waals surface area contributed by atoms with Gasteiger partial charge >= 0.3 is 5.97 Å². The molecule has 156 valence electrons. The molecule has 2 N–H and O–H groups in total. The number of hydrogen-bond acceptors (Lipinski definition) is 5. The summed E-state index contributed by atoms with van der Waals surface area (Å²) in [6.45, 7) is 5.41. The second-order valence-electron chi connectivity index (χ2n) is 10.2. The van der Waals surface area contributed by atoms with Crippen LogP contribution in [-0.2, 0) is 14.3 Å². The lowest BCUT2D eigenvalue weighted by atomic mass is 9.46. The third-order valence-electron chi connectivity index (χ3n) is 9.10. The Morgan fingerprint density at radius 3 is 2.57 bits per heavy atom. The molecule has 0 unspecified atom stereocenters. The quantitative estimate of drug-likeness (QED) is 0.571. The van der Waals surface area contributed by atoms with Crippen LogP contribution in [0.5, 0.6) is 0 Å². The predicted octanol–water partition coefficient (Wildman–Crippen LogP) is 3.17. The van der Waals surface area contributed by atoms with Crippen LogP contribution in [0.15, 0.2) is 11.6 Å². The number of fused-ring (bicyclic) bond motifs is 5. The maximum atomic E-state index is 12.9. The second kappa shape index (κ2) is 6.66. The van der Waals surface area contributed by atoms with Gasteiger partial charge in [0.25, 0.3) is 0 Å². The minimum atomic E-state index is -1.40. The van der Waals surface area contributed by atoms with Gasteiger partial charge in [-0.05, 0) is 74.5 Å². The van der Waals surface area contributed by atoms with Crippen molar-refractivity contribution in [2.75, 3.05) is 6.61 Å². The van der Waals surface area contributed by atoms with Crippen LogP contribution < -0.4 is 0 Å². The van der Waals surface area contributed by atoms with Crippen LogP contribution in [0.2, 0.25) is 0 Å². The van der Waals surface area contributed by atoms with Gasteiger partial charge in [-0.15, -0.1) is 0 Å². The average Bonchev–Trinajstić information content (AvgIpc) is 2.92. The van der Waals surface area contributed by atoms with Gasteiger partial charge in [-0.2, -0.15) is 0 Å². The molecular weight excluding hydrogens is 356 g/mol. The smallest absolute Gasteiger partial charge is 0.303 e. The summed E-state index contributed by atoms with van der Waals surface area (Å²) in [6.07, 6.45) is 8.96. The molecule has 5 heteroatoms. The molecule has 0 bridgehead atoms. The molecule has 3 saturated carbocycles. The van der Waals surface area contributed by atoms with Crippen molar-refractivity contribution >= 4 is 11.8 Å². The van der Waals surface area contributed by atoms with Crippen molar-refractivity contribution in [2.45, 2.75) is 83.8 Å². The van der Waals surface area contributed by atoms with E-state index in [9.17, 15) is 19.8 Å². The van der Waals surface area contributed by atoms with Crippen LogP contribution in [0, 0.1) is 28.6 Å². The van der Waals surface area contributed by atoms with E-state index in [4.69, 9.17) is 4.74 Å². The number of rotatable bonds is 3. The number of ether oxygens (including phenoxy) is 1. The summed E-state index contributed by atoms with van der Waals surface area (Å²) in [4.78, 5) is 24.0. The van der Waals surface area contributed by atoms with E-state index in [1.165, 1.54) is 12.5 Å². The number of aliphatic hydroxyl groups excluding tert-OH is 1. The molecule has 4 aliphatic rings. The molecule has 7 atom stereocenters. The SMILES string of the molecule is CC(=O)OCC(=O)[C@@]1(O)CC[C@H]2[C@H]3CC=C4C[C@@H](O)CC[C@]4(C)[C@H]3CC[C@@]21C. The summed E-state index contributed by atoms with van der Waals surface area (Å²) in [7, 11) is 0. The average molecular weight is 391 g/mol. The van der Waals surface area contributed by atoms with Gasteiger partial charge in [-0.3, -0.25) is 9.59 Å². The van der Waals surface area contributed by atoms with Gasteiger partial charge in [-0.1, -0.05) is 25.5 Å². The van der Waals surface area contributed by atoms with Gasteiger partial charge in [0.2, 0.25) is 5.78 Å². The van der Waals surface area contributed by atoms with Crippen molar-refractivity contribution in [1.82, 2.24) is 0 Å². The number of Topliss-reactive ketones (excluding diaryl/α,β-unsaturated/α-hetero) is 1. The zero-order valence-corrected chi connectivity index (χ0v) is 17.4. The summed E-state index contributed by atoms with van der Waals surface area (Å²) in [5.41, 5.74) is -0.283. The van der Waals surface area contributed by atoms with Gasteiger partial charge in [0, 0.05) is 12.3 Å². The van der Waals surface area contributed by atoms with Gasteiger partial charge in [-0.25, -0.2) is 0 Å². The van der Waals surface area contributed by atoms with E-state index in [-0.39, 0.29) is 23.9 Å². The van der Waals surface area contributed by atoms with Gasteiger partial charge in [0.05, 0.1) is 6.10 Å². The highest BCUT2D eigenvalue weighted by molar-refractivity contribution is 5.90. The van der Waals surface area contributed by atoms with Crippen LogP contribution in [0.1, 0.15) is 72.1 Å². The number of allylic oxidation sites excluding steroid dienone is 1. The van der Waals surface area contributed by atoms with E-state index in [1.54, 1.807) is 0 Å². The van der Waals surface area contributed by atoms with Gasteiger partial charge in [0.15, 0.2) is 6.61 Å². The Hall–Kier alpha value is -1.20. The standard InChI is InChI=1S/C23H34O5/c1-14(24)28-13-20(26)23(27)11-8-19-17-5-4-15-12-16(25)6-9-21(15,2)18(17)7-10-22(19,23)3/h4,16-19,25,27H,5-13H2,1-3H3/t16-,17-,18-,19-,21-,22-,23-/m0/s1. The largest absolute Gasteiger partial charge is 0.458 e. The molecule has 0 aromatic heterocycles. The first-order chi connectivity index (χ1) is 13.1. The van der Waals surface area contributed by atoms with Crippen molar-refractivity contribution in [2.24, 2.45) is 28.6 Å². The second-order valence-corrected chi connectivity index (χ2v) is 10.2. The van der Waals surface area contributed by atoms with E-state index in [0.29, 0.717) is 24.2 Å². The number of ketones is 1. The summed E-state index contributed by atoms with van der Waals surface area (Å²) in [6, 6.07) is 0. The Kier molecular flexibility index (Phi) is 4.78. The summed E-state index contributed by atoms with van der Waals surface area (Å²) >= 11 is 0.